The van der Waals surface area contributed by atoms with Crippen molar-refractivity contribution in [1.82, 2.24) is 15.3 Å². The summed E-state index contributed by atoms with van der Waals surface area (Å²) in [4.78, 5) is 33.5. The molecule has 3 unspecified atom stereocenters. The van der Waals surface area contributed by atoms with Crippen molar-refractivity contribution in [3.8, 4) is 0 Å². The number of nitrogens with zero attached hydrogens (tertiary/aromatic N) is 1. The van der Waals surface area contributed by atoms with Gasteiger partial charge in [-0.1, -0.05) is 20.3 Å². The molecule has 0 spiro atoms. The molecule has 1 aliphatic rings. The lowest BCUT2D eigenvalue weighted by molar-refractivity contribution is -0.139. The number of rotatable bonds is 6. The number of aliphatic carboxylic acids is 1. The van der Waals surface area contributed by atoms with Gasteiger partial charge in [-0.2, -0.15) is 0 Å². The van der Waals surface area contributed by atoms with E-state index in [9.17, 15) is 14.7 Å². The fourth-order valence-corrected chi connectivity index (χ4v) is 4.91. The molecular weight excluding hydrogens is 338 g/mol. The predicted octanol–water partition coefficient (Wildman–Crippen LogP) is 3.01. The molecule has 136 valence electrons. The van der Waals surface area contributed by atoms with Gasteiger partial charge in [0, 0.05) is 4.88 Å². The van der Waals surface area contributed by atoms with Crippen LogP contribution in [-0.2, 0) is 17.6 Å². The summed E-state index contributed by atoms with van der Waals surface area (Å²) in [5.41, 5.74) is 1.05. The average Bonchev–Trinajstić information content (AvgIpc) is 2.91. The molecule has 3 atom stereocenters. The fourth-order valence-electron chi connectivity index (χ4n) is 3.52. The molecule has 1 aliphatic carbocycles. The highest BCUT2D eigenvalue weighted by Gasteiger charge is 2.25. The lowest BCUT2D eigenvalue weighted by Gasteiger charge is -2.19. The number of aryl methyl sites for hydroxylation is 1. The van der Waals surface area contributed by atoms with Crippen LogP contribution in [0.1, 0.15) is 62.3 Å². The van der Waals surface area contributed by atoms with Crippen LogP contribution in [0.4, 0.5) is 0 Å². The molecule has 0 radical (unpaired) electrons. The zero-order valence-electron chi connectivity index (χ0n) is 14.9. The van der Waals surface area contributed by atoms with Crippen molar-refractivity contribution in [3.63, 3.8) is 0 Å². The van der Waals surface area contributed by atoms with E-state index in [1.807, 2.05) is 13.8 Å². The summed E-state index contributed by atoms with van der Waals surface area (Å²) in [6, 6.07) is -0.971. The normalized spacial score (nSPS) is 19.6. The number of fused-ring (bicyclic) bond motifs is 3. The Balaban J connectivity index is 1.93. The number of hydrogen-bond acceptors (Lipinski definition) is 5. The molecule has 0 amide bonds. The number of aromatic nitrogens is 2. The van der Waals surface area contributed by atoms with Gasteiger partial charge in [0.15, 0.2) is 0 Å². The summed E-state index contributed by atoms with van der Waals surface area (Å²) in [6.45, 7) is 6.03. The zero-order valence-corrected chi connectivity index (χ0v) is 15.7. The van der Waals surface area contributed by atoms with Crippen LogP contribution in [0.25, 0.3) is 10.2 Å². The molecule has 3 N–H and O–H groups in total. The van der Waals surface area contributed by atoms with E-state index in [1.165, 1.54) is 4.88 Å². The van der Waals surface area contributed by atoms with E-state index in [-0.39, 0.29) is 11.6 Å². The summed E-state index contributed by atoms with van der Waals surface area (Å²) in [5, 5.41) is 13.1. The summed E-state index contributed by atoms with van der Waals surface area (Å²) in [5.74, 6) is 0.272. The van der Waals surface area contributed by atoms with E-state index in [0.717, 1.165) is 41.5 Å². The summed E-state index contributed by atoms with van der Waals surface area (Å²) in [6.07, 6.45) is 4.37. The molecule has 2 heterocycles. The summed E-state index contributed by atoms with van der Waals surface area (Å²) in [7, 11) is 0. The second-order valence-corrected chi connectivity index (χ2v) is 8.13. The third-order valence-electron chi connectivity index (χ3n) is 4.92. The Morgan fingerprint density at radius 3 is 2.96 bits per heavy atom. The van der Waals surface area contributed by atoms with Gasteiger partial charge in [-0.3, -0.25) is 14.9 Å². The molecule has 25 heavy (non-hydrogen) atoms. The van der Waals surface area contributed by atoms with Crippen LogP contribution in [0.3, 0.4) is 0 Å². The molecule has 0 saturated carbocycles. The number of carbonyl (C=O) groups is 1. The van der Waals surface area contributed by atoms with Gasteiger partial charge >= 0.3 is 5.97 Å². The lowest BCUT2D eigenvalue weighted by Crippen LogP contribution is -2.39. The maximum atomic E-state index is 12.6. The second kappa shape index (κ2) is 7.25. The third-order valence-corrected chi connectivity index (χ3v) is 6.07. The van der Waals surface area contributed by atoms with Gasteiger partial charge < -0.3 is 10.1 Å². The van der Waals surface area contributed by atoms with Crippen LogP contribution in [-0.4, -0.2) is 27.1 Å². The molecule has 0 bridgehead atoms. The van der Waals surface area contributed by atoms with Gasteiger partial charge in [-0.15, -0.1) is 11.3 Å². The van der Waals surface area contributed by atoms with Gasteiger partial charge in [0.1, 0.15) is 16.7 Å². The molecule has 0 aromatic carbocycles. The van der Waals surface area contributed by atoms with Crippen LogP contribution in [0.5, 0.6) is 0 Å². The van der Waals surface area contributed by atoms with E-state index in [1.54, 1.807) is 11.3 Å². The van der Waals surface area contributed by atoms with E-state index in [4.69, 9.17) is 0 Å². The van der Waals surface area contributed by atoms with Gasteiger partial charge in [-0.25, -0.2) is 4.98 Å². The minimum Gasteiger partial charge on any atom is -0.480 e. The predicted molar refractivity (Wildman–Crippen MR) is 99.3 cm³/mol. The first-order chi connectivity index (χ1) is 11.9. The minimum absolute atomic E-state index is 0.108. The van der Waals surface area contributed by atoms with Gasteiger partial charge in [-0.05, 0) is 44.1 Å². The molecule has 0 aliphatic heterocycles. The highest BCUT2D eigenvalue weighted by atomic mass is 32.1. The number of H-pyrrole nitrogens is 1. The lowest BCUT2D eigenvalue weighted by atomic mass is 9.89. The van der Waals surface area contributed by atoms with Crippen LogP contribution in [0.2, 0.25) is 0 Å². The average molecular weight is 363 g/mol. The molecule has 0 saturated heterocycles. The summed E-state index contributed by atoms with van der Waals surface area (Å²) >= 11 is 1.61. The van der Waals surface area contributed by atoms with Crippen molar-refractivity contribution in [2.45, 2.75) is 65.0 Å². The third kappa shape index (κ3) is 3.62. The largest absolute Gasteiger partial charge is 0.480 e. The Morgan fingerprint density at radius 1 is 1.52 bits per heavy atom. The highest BCUT2D eigenvalue weighted by molar-refractivity contribution is 7.18. The maximum absolute atomic E-state index is 12.6. The van der Waals surface area contributed by atoms with Crippen molar-refractivity contribution < 1.29 is 9.90 Å². The number of thiophene rings is 1. The first-order valence-electron chi connectivity index (χ1n) is 8.94. The van der Waals surface area contributed by atoms with Crippen molar-refractivity contribution >= 4 is 27.5 Å². The van der Waals surface area contributed by atoms with Crippen LogP contribution < -0.4 is 10.9 Å². The molecule has 3 rings (SSSR count). The molecule has 0 fully saturated rings. The number of aromatic amines is 1. The standard InChI is InChI=1S/C18H25N3O3S/c1-4-5-12(18(23)24)19-10(3)15-20-16(22)14-11-7-6-9(2)8-13(11)25-17(14)21-15/h9-10,12,19H,4-8H2,1-3H3,(H,23,24)(H,20,21,22). The SMILES string of the molecule is CCCC(NC(C)c1nc2sc3c(c2c(=O)[nH]1)CCC(C)C3)C(=O)O. The first kappa shape index (κ1) is 18.1. The van der Waals surface area contributed by atoms with Crippen LogP contribution >= 0.6 is 11.3 Å². The maximum Gasteiger partial charge on any atom is 0.320 e. The number of nitrogens with one attached hydrogen (secondary N) is 2. The van der Waals surface area contributed by atoms with Crippen LogP contribution in [0.15, 0.2) is 4.79 Å². The van der Waals surface area contributed by atoms with E-state index in [2.05, 4.69) is 22.2 Å². The van der Waals surface area contributed by atoms with Crippen molar-refractivity contribution in [2.75, 3.05) is 0 Å². The Bertz CT molecular complexity index is 842. The van der Waals surface area contributed by atoms with Crippen molar-refractivity contribution in [3.05, 3.63) is 26.6 Å². The molecule has 2 aromatic heterocycles. The van der Waals surface area contributed by atoms with Gasteiger partial charge in [0.25, 0.3) is 5.56 Å². The number of hydrogen-bond donors (Lipinski definition) is 3. The number of carboxylic acids is 1. The molecule has 6 nitrogen and oxygen atoms in total. The Labute approximate surface area is 150 Å². The zero-order chi connectivity index (χ0) is 18.1. The quantitative estimate of drug-likeness (QED) is 0.733. The minimum atomic E-state index is -0.877. The highest BCUT2D eigenvalue weighted by Crippen LogP contribution is 2.35. The number of carboxylic acid groups (broad SMARTS) is 1. The Kier molecular flexibility index (Phi) is 5.24. The van der Waals surface area contributed by atoms with Crippen LogP contribution in [0, 0.1) is 5.92 Å². The Morgan fingerprint density at radius 2 is 2.28 bits per heavy atom. The van der Waals surface area contributed by atoms with Crippen molar-refractivity contribution in [1.29, 1.82) is 0 Å². The summed E-state index contributed by atoms with van der Waals surface area (Å²) < 4.78 is 0. The first-order valence-corrected chi connectivity index (χ1v) is 9.75. The second-order valence-electron chi connectivity index (χ2n) is 7.05. The molecule has 2 aromatic rings. The van der Waals surface area contributed by atoms with Crippen molar-refractivity contribution in [2.24, 2.45) is 5.92 Å². The smallest absolute Gasteiger partial charge is 0.320 e. The molecule has 7 heteroatoms. The monoisotopic (exact) mass is 363 g/mol. The van der Waals surface area contributed by atoms with Gasteiger partial charge in [0.2, 0.25) is 0 Å². The topological polar surface area (TPSA) is 95.1 Å². The van der Waals surface area contributed by atoms with E-state index < -0.39 is 12.0 Å². The molecular formula is C18H25N3O3S. The Hall–Kier alpha value is -1.73. The fraction of sp³-hybridized carbons (Fsp3) is 0.611. The van der Waals surface area contributed by atoms with Gasteiger partial charge in [0.05, 0.1) is 11.4 Å². The van der Waals surface area contributed by atoms with E-state index in [0.29, 0.717) is 18.2 Å². The van der Waals surface area contributed by atoms with E-state index >= 15 is 0 Å².